The summed E-state index contributed by atoms with van der Waals surface area (Å²) in [7, 11) is 0. The van der Waals surface area contributed by atoms with E-state index in [0.717, 1.165) is 0 Å². The second-order valence-corrected chi connectivity index (χ2v) is 4.89. The number of carbonyl (C=O) groups excluding carboxylic acids is 2. The van der Waals surface area contributed by atoms with Gasteiger partial charge in [-0.25, -0.2) is 10.3 Å². The topological polar surface area (TPSA) is 113 Å². The fourth-order valence-corrected chi connectivity index (χ4v) is 2.21. The van der Waals surface area contributed by atoms with Crippen LogP contribution in [-0.2, 0) is 11.2 Å². The number of Topliss-reactive ketones (excluding diaryl/α,β-unsaturated/α-hetero) is 1. The van der Waals surface area contributed by atoms with Gasteiger partial charge in [-0.05, 0) is 12.1 Å². The highest BCUT2D eigenvalue weighted by atomic mass is 32.1. The number of aromatic nitrogens is 1. The standard InChI is InChI=1S/C13H13N4O2S/c14-6-12(19)17-10-4-2-1-3-9(10)11(18)5-8-7-20-13(15)16-8/h1-4,7H,5-6,14H2,(H2,15,16). The van der Waals surface area contributed by atoms with E-state index in [4.69, 9.17) is 11.5 Å². The van der Waals surface area contributed by atoms with Crippen molar-refractivity contribution in [3.8, 4) is 0 Å². The maximum atomic E-state index is 12.2. The van der Waals surface area contributed by atoms with Gasteiger partial charge < -0.3 is 11.5 Å². The van der Waals surface area contributed by atoms with Crippen LogP contribution in [0.15, 0.2) is 29.6 Å². The summed E-state index contributed by atoms with van der Waals surface area (Å²) in [6.07, 6.45) is 0.122. The summed E-state index contributed by atoms with van der Waals surface area (Å²) in [5, 5.41) is 5.97. The van der Waals surface area contributed by atoms with Crippen molar-refractivity contribution in [1.82, 2.24) is 10.3 Å². The molecular weight excluding hydrogens is 276 g/mol. The summed E-state index contributed by atoms with van der Waals surface area (Å²) >= 11 is 1.28. The number of nitrogens with zero attached hydrogens (tertiary/aromatic N) is 2. The summed E-state index contributed by atoms with van der Waals surface area (Å²) in [6, 6.07) is 6.66. The number of benzene rings is 1. The van der Waals surface area contributed by atoms with Crippen LogP contribution in [0, 0.1) is 0 Å². The van der Waals surface area contributed by atoms with E-state index in [0.29, 0.717) is 22.1 Å². The zero-order valence-corrected chi connectivity index (χ0v) is 11.4. The van der Waals surface area contributed by atoms with Crippen molar-refractivity contribution in [3.63, 3.8) is 0 Å². The first kappa shape index (κ1) is 14.2. The minimum atomic E-state index is -0.469. The summed E-state index contributed by atoms with van der Waals surface area (Å²) < 4.78 is 0. The van der Waals surface area contributed by atoms with Crippen molar-refractivity contribution in [3.05, 3.63) is 40.9 Å². The molecule has 0 spiro atoms. The van der Waals surface area contributed by atoms with Crippen molar-refractivity contribution >= 4 is 33.8 Å². The van der Waals surface area contributed by atoms with Crippen LogP contribution in [0.5, 0.6) is 0 Å². The second-order valence-electron chi connectivity index (χ2n) is 4.00. The van der Waals surface area contributed by atoms with E-state index in [-0.39, 0.29) is 18.7 Å². The molecule has 0 saturated heterocycles. The second kappa shape index (κ2) is 6.27. The molecule has 0 aliphatic rings. The van der Waals surface area contributed by atoms with Crippen LogP contribution in [0.25, 0.3) is 0 Å². The summed E-state index contributed by atoms with van der Waals surface area (Å²) in [5.74, 6) is -0.636. The fourth-order valence-electron chi connectivity index (χ4n) is 1.65. The van der Waals surface area contributed by atoms with Crippen LogP contribution in [0.1, 0.15) is 16.1 Å². The molecular formula is C13H13N4O2S. The van der Waals surface area contributed by atoms with Gasteiger partial charge in [0.05, 0.1) is 24.3 Å². The van der Waals surface area contributed by atoms with Crippen molar-refractivity contribution < 1.29 is 9.59 Å². The molecule has 0 unspecified atom stereocenters. The molecule has 1 radical (unpaired) electrons. The van der Waals surface area contributed by atoms with Crippen molar-refractivity contribution in [2.75, 3.05) is 12.3 Å². The first-order valence-electron chi connectivity index (χ1n) is 5.87. The Bertz CT molecular complexity index is 639. The molecule has 7 heteroatoms. The zero-order valence-electron chi connectivity index (χ0n) is 10.6. The largest absolute Gasteiger partial charge is 0.375 e. The predicted molar refractivity (Wildman–Crippen MR) is 76.9 cm³/mol. The van der Waals surface area contributed by atoms with Gasteiger partial charge in [0.25, 0.3) is 5.91 Å². The van der Waals surface area contributed by atoms with Crippen LogP contribution >= 0.6 is 11.3 Å². The van der Waals surface area contributed by atoms with E-state index >= 15 is 0 Å². The lowest BCUT2D eigenvalue weighted by Gasteiger charge is -2.06. The minimum Gasteiger partial charge on any atom is -0.375 e. The number of amides is 1. The van der Waals surface area contributed by atoms with Gasteiger partial charge in [-0.2, -0.15) is 0 Å². The van der Waals surface area contributed by atoms with Gasteiger partial charge in [-0.3, -0.25) is 9.59 Å². The molecule has 2 aromatic rings. The molecule has 0 fully saturated rings. The van der Waals surface area contributed by atoms with Gasteiger partial charge in [0.15, 0.2) is 10.9 Å². The van der Waals surface area contributed by atoms with Crippen molar-refractivity contribution in [2.24, 2.45) is 5.73 Å². The Labute approximate surface area is 119 Å². The fraction of sp³-hybridized carbons (Fsp3) is 0.154. The smallest absolute Gasteiger partial charge is 0.259 e. The number of rotatable bonds is 5. The monoisotopic (exact) mass is 289 g/mol. The maximum absolute atomic E-state index is 12.2. The van der Waals surface area contributed by atoms with Gasteiger partial charge in [0, 0.05) is 10.9 Å². The molecule has 0 aliphatic carbocycles. The Hall–Kier alpha value is -2.25. The molecule has 103 valence electrons. The maximum Gasteiger partial charge on any atom is 0.259 e. The van der Waals surface area contributed by atoms with E-state index in [1.807, 2.05) is 0 Å². The number of nitrogen functional groups attached to an aromatic ring is 1. The van der Waals surface area contributed by atoms with E-state index in [1.165, 1.54) is 11.3 Å². The van der Waals surface area contributed by atoms with E-state index in [1.54, 1.807) is 29.6 Å². The van der Waals surface area contributed by atoms with Crippen molar-refractivity contribution in [1.29, 1.82) is 0 Å². The van der Waals surface area contributed by atoms with Crippen molar-refractivity contribution in [2.45, 2.75) is 6.42 Å². The van der Waals surface area contributed by atoms with E-state index < -0.39 is 5.91 Å². The Balaban J connectivity index is 2.19. The molecule has 6 nitrogen and oxygen atoms in total. The van der Waals surface area contributed by atoms with Gasteiger partial charge >= 0.3 is 0 Å². The molecule has 0 bridgehead atoms. The Morgan fingerprint density at radius 2 is 2.05 bits per heavy atom. The summed E-state index contributed by atoms with van der Waals surface area (Å²) in [5.41, 5.74) is 12.1. The molecule has 1 aromatic heterocycles. The number of hydrogen-bond acceptors (Lipinski definition) is 6. The SMILES string of the molecule is NCC(=O)[N]c1ccccc1C(=O)Cc1csc(N)n1. The number of para-hydroxylation sites is 1. The van der Waals surface area contributed by atoms with Gasteiger partial charge in [-0.1, -0.05) is 12.1 Å². The third kappa shape index (κ3) is 3.40. The number of hydrogen-bond donors (Lipinski definition) is 2. The van der Waals surface area contributed by atoms with Crippen LogP contribution < -0.4 is 16.8 Å². The highest BCUT2D eigenvalue weighted by Gasteiger charge is 2.15. The van der Waals surface area contributed by atoms with Crippen LogP contribution in [0.4, 0.5) is 10.8 Å². The first-order chi connectivity index (χ1) is 9.60. The number of ketones is 1. The van der Waals surface area contributed by atoms with Crippen LogP contribution in [0.2, 0.25) is 0 Å². The Morgan fingerprint density at radius 3 is 2.70 bits per heavy atom. The number of nitrogens with two attached hydrogens (primary N) is 2. The Kier molecular flexibility index (Phi) is 4.44. The average molecular weight is 289 g/mol. The van der Waals surface area contributed by atoms with E-state index in [9.17, 15) is 9.59 Å². The zero-order chi connectivity index (χ0) is 14.5. The van der Waals surface area contributed by atoms with Gasteiger partial charge in [-0.15, -0.1) is 11.3 Å². The molecule has 1 aromatic carbocycles. The Morgan fingerprint density at radius 1 is 1.30 bits per heavy atom. The van der Waals surface area contributed by atoms with E-state index in [2.05, 4.69) is 10.3 Å². The molecule has 20 heavy (non-hydrogen) atoms. The molecule has 0 aliphatic heterocycles. The lowest BCUT2D eigenvalue weighted by Crippen LogP contribution is -2.22. The minimum absolute atomic E-state index is 0.122. The van der Waals surface area contributed by atoms with Crippen LogP contribution in [-0.4, -0.2) is 23.2 Å². The highest BCUT2D eigenvalue weighted by molar-refractivity contribution is 7.13. The quantitative estimate of drug-likeness (QED) is 0.793. The molecule has 0 atom stereocenters. The third-order valence-corrected chi connectivity index (χ3v) is 3.26. The third-order valence-electron chi connectivity index (χ3n) is 2.54. The number of thiazole rings is 1. The van der Waals surface area contributed by atoms with Crippen LogP contribution in [0.3, 0.4) is 0 Å². The van der Waals surface area contributed by atoms with Gasteiger partial charge in [0.2, 0.25) is 0 Å². The molecule has 0 saturated carbocycles. The average Bonchev–Trinajstić information content (AvgIpc) is 2.84. The lowest BCUT2D eigenvalue weighted by atomic mass is 10.0. The molecule has 1 amide bonds. The molecule has 1 heterocycles. The van der Waals surface area contributed by atoms with Gasteiger partial charge in [0.1, 0.15) is 0 Å². The molecule has 4 N–H and O–H groups in total. The lowest BCUT2D eigenvalue weighted by molar-refractivity contribution is -0.118. The number of anilines is 1. The summed E-state index contributed by atoms with van der Waals surface area (Å²) in [4.78, 5) is 27.6. The highest BCUT2D eigenvalue weighted by Crippen LogP contribution is 2.19. The molecule has 2 rings (SSSR count). The predicted octanol–water partition coefficient (Wildman–Crippen LogP) is 0.872. The number of carbonyl (C=O) groups is 2. The summed E-state index contributed by atoms with van der Waals surface area (Å²) in [6.45, 7) is -0.189. The first-order valence-corrected chi connectivity index (χ1v) is 6.75. The normalized spacial score (nSPS) is 10.2.